The average Bonchev–Trinajstić information content (AvgIpc) is 2.25. The maximum atomic E-state index is 11.7. The van der Waals surface area contributed by atoms with E-state index < -0.39 is 10.2 Å². The van der Waals surface area contributed by atoms with Crippen LogP contribution in [0.1, 0.15) is 13.3 Å². The molecule has 0 aliphatic heterocycles. The average molecular weight is 244 g/mol. The number of nitrogens with zero attached hydrogens (tertiary/aromatic N) is 1. The Hall–Kier alpha value is -1.27. The molecule has 1 rings (SSSR count). The van der Waals surface area contributed by atoms with Crippen LogP contribution in [0.4, 0.5) is 5.69 Å². The van der Waals surface area contributed by atoms with E-state index in [1.165, 1.54) is 19.2 Å². The van der Waals surface area contributed by atoms with E-state index >= 15 is 0 Å². The highest BCUT2D eigenvalue weighted by Crippen LogP contribution is 2.20. The first kappa shape index (κ1) is 12.8. The minimum atomic E-state index is -3.52. The lowest BCUT2D eigenvalue weighted by atomic mass is 10.3. The van der Waals surface area contributed by atoms with Gasteiger partial charge < -0.3 is 5.11 Å². The number of aromatic hydroxyl groups is 1. The highest BCUT2D eigenvalue weighted by Gasteiger charge is 2.17. The Morgan fingerprint density at radius 3 is 2.69 bits per heavy atom. The zero-order chi connectivity index (χ0) is 12.2. The van der Waals surface area contributed by atoms with Crippen molar-refractivity contribution in [3.63, 3.8) is 0 Å². The number of hydrogen-bond donors (Lipinski definition) is 2. The second kappa shape index (κ2) is 5.18. The molecular formula is C10H16N2O3S. The molecule has 0 aromatic heterocycles. The first-order chi connectivity index (χ1) is 7.47. The molecule has 1 aromatic rings. The van der Waals surface area contributed by atoms with Crippen LogP contribution in [0.5, 0.6) is 5.75 Å². The lowest BCUT2D eigenvalue weighted by Crippen LogP contribution is -2.38. The Balaban J connectivity index is 2.89. The molecule has 0 amide bonds. The molecule has 0 saturated carbocycles. The van der Waals surface area contributed by atoms with Gasteiger partial charge in [0, 0.05) is 19.7 Å². The summed E-state index contributed by atoms with van der Waals surface area (Å²) in [6.07, 6.45) is 0.729. The van der Waals surface area contributed by atoms with E-state index in [9.17, 15) is 13.5 Å². The highest BCUT2D eigenvalue weighted by atomic mass is 32.2. The number of anilines is 1. The SMILES string of the molecule is CCCNS(=O)(=O)N(C)c1cccc(O)c1. The summed E-state index contributed by atoms with van der Waals surface area (Å²) in [5.74, 6) is 0.0371. The number of hydrogen-bond acceptors (Lipinski definition) is 3. The predicted octanol–water partition coefficient (Wildman–Crippen LogP) is 1.07. The van der Waals surface area contributed by atoms with Crippen LogP contribution in [-0.4, -0.2) is 27.1 Å². The third kappa shape index (κ3) is 3.11. The number of rotatable bonds is 5. The van der Waals surface area contributed by atoms with Crippen molar-refractivity contribution >= 4 is 15.9 Å². The van der Waals surface area contributed by atoms with E-state index in [2.05, 4.69) is 4.72 Å². The van der Waals surface area contributed by atoms with Crippen LogP contribution in [0.15, 0.2) is 24.3 Å². The molecule has 0 aliphatic rings. The molecule has 0 aliphatic carbocycles. The molecule has 6 heteroatoms. The van der Waals surface area contributed by atoms with Crippen molar-refractivity contribution in [2.24, 2.45) is 0 Å². The molecule has 2 N–H and O–H groups in total. The maximum absolute atomic E-state index is 11.7. The van der Waals surface area contributed by atoms with Crippen LogP contribution in [0.25, 0.3) is 0 Å². The predicted molar refractivity (Wildman–Crippen MR) is 63.7 cm³/mol. The fraction of sp³-hybridized carbons (Fsp3) is 0.400. The molecule has 0 bridgehead atoms. The van der Waals surface area contributed by atoms with Crippen molar-refractivity contribution in [3.8, 4) is 5.75 Å². The van der Waals surface area contributed by atoms with Crippen molar-refractivity contribution < 1.29 is 13.5 Å². The number of benzene rings is 1. The van der Waals surface area contributed by atoms with Gasteiger partial charge in [-0.2, -0.15) is 13.1 Å². The summed E-state index contributed by atoms with van der Waals surface area (Å²) in [6, 6.07) is 6.09. The molecule has 5 nitrogen and oxygen atoms in total. The van der Waals surface area contributed by atoms with Gasteiger partial charge in [0.05, 0.1) is 5.69 Å². The lowest BCUT2D eigenvalue weighted by molar-refractivity contribution is 0.475. The molecule has 0 unspecified atom stereocenters. The Morgan fingerprint density at radius 2 is 2.12 bits per heavy atom. The van der Waals surface area contributed by atoms with Gasteiger partial charge in [-0.15, -0.1) is 0 Å². The van der Waals surface area contributed by atoms with E-state index in [4.69, 9.17) is 0 Å². The summed E-state index contributed by atoms with van der Waals surface area (Å²) in [5.41, 5.74) is 0.420. The third-order valence-corrected chi connectivity index (χ3v) is 3.59. The summed E-state index contributed by atoms with van der Waals surface area (Å²) in [7, 11) is -2.08. The standard InChI is InChI=1S/C10H16N2O3S/c1-3-7-11-16(14,15)12(2)9-5-4-6-10(13)8-9/h4-6,8,11,13H,3,7H2,1-2H3. The van der Waals surface area contributed by atoms with Gasteiger partial charge in [0.2, 0.25) is 0 Å². The monoisotopic (exact) mass is 244 g/mol. The zero-order valence-corrected chi connectivity index (χ0v) is 10.2. The molecule has 90 valence electrons. The van der Waals surface area contributed by atoms with E-state index in [-0.39, 0.29) is 5.75 Å². The minimum absolute atomic E-state index is 0.0371. The van der Waals surface area contributed by atoms with Gasteiger partial charge in [-0.1, -0.05) is 13.0 Å². The maximum Gasteiger partial charge on any atom is 0.301 e. The molecule has 0 saturated heterocycles. The van der Waals surface area contributed by atoms with E-state index in [1.54, 1.807) is 12.1 Å². The molecule has 0 spiro atoms. The Labute approximate surface area is 95.9 Å². The fourth-order valence-corrected chi connectivity index (χ4v) is 2.20. The van der Waals surface area contributed by atoms with Gasteiger partial charge in [0.1, 0.15) is 5.75 Å². The van der Waals surface area contributed by atoms with Crippen molar-refractivity contribution in [2.45, 2.75) is 13.3 Å². The van der Waals surface area contributed by atoms with Crippen LogP contribution < -0.4 is 9.03 Å². The Morgan fingerprint density at radius 1 is 1.44 bits per heavy atom. The van der Waals surface area contributed by atoms with Gasteiger partial charge in [-0.25, -0.2) is 0 Å². The largest absolute Gasteiger partial charge is 0.508 e. The van der Waals surface area contributed by atoms with Crippen LogP contribution in [0.2, 0.25) is 0 Å². The van der Waals surface area contributed by atoms with Crippen molar-refractivity contribution in [1.82, 2.24) is 4.72 Å². The smallest absolute Gasteiger partial charge is 0.301 e. The first-order valence-corrected chi connectivity index (χ1v) is 6.44. The number of nitrogens with one attached hydrogen (secondary N) is 1. The normalized spacial score (nSPS) is 11.4. The van der Waals surface area contributed by atoms with Gasteiger partial charge in [-0.3, -0.25) is 4.31 Å². The zero-order valence-electron chi connectivity index (χ0n) is 9.34. The van der Waals surface area contributed by atoms with Crippen LogP contribution in [0.3, 0.4) is 0 Å². The quantitative estimate of drug-likeness (QED) is 0.814. The Kier molecular flexibility index (Phi) is 4.14. The molecule has 0 atom stereocenters. The van der Waals surface area contributed by atoms with E-state index in [0.717, 1.165) is 10.7 Å². The van der Waals surface area contributed by atoms with Gasteiger partial charge in [-0.05, 0) is 18.6 Å². The van der Waals surface area contributed by atoms with Gasteiger partial charge in [0.15, 0.2) is 0 Å². The first-order valence-electron chi connectivity index (χ1n) is 5.00. The summed E-state index contributed by atoms with van der Waals surface area (Å²) in [6.45, 7) is 2.28. The number of phenolic OH excluding ortho intramolecular Hbond substituents is 1. The molecule has 0 fully saturated rings. The van der Waals surface area contributed by atoms with E-state index in [1.807, 2.05) is 6.92 Å². The van der Waals surface area contributed by atoms with Crippen molar-refractivity contribution in [1.29, 1.82) is 0 Å². The highest BCUT2D eigenvalue weighted by molar-refractivity contribution is 7.90. The lowest BCUT2D eigenvalue weighted by Gasteiger charge is -2.19. The van der Waals surface area contributed by atoms with Crippen LogP contribution in [0, 0.1) is 0 Å². The topological polar surface area (TPSA) is 69.6 Å². The van der Waals surface area contributed by atoms with Gasteiger partial charge >= 0.3 is 10.2 Å². The van der Waals surface area contributed by atoms with Crippen LogP contribution >= 0.6 is 0 Å². The Bertz CT molecular complexity index is 445. The van der Waals surface area contributed by atoms with Crippen LogP contribution in [-0.2, 0) is 10.2 Å². The molecule has 16 heavy (non-hydrogen) atoms. The summed E-state index contributed by atoms with van der Waals surface area (Å²) in [4.78, 5) is 0. The van der Waals surface area contributed by atoms with Gasteiger partial charge in [0.25, 0.3) is 0 Å². The second-order valence-electron chi connectivity index (χ2n) is 3.39. The molecule has 1 aromatic carbocycles. The molecule has 0 radical (unpaired) electrons. The molecule has 0 heterocycles. The third-order valence-electron chi connectivity index (χ3n) is 2.09. The summed E-state index contributed by atoms with van der Waals surface area (Å²) < 4.78 is 27.0. The summed E-state index contributed by atoms with van der Waals surface area (Å²) in [5, 5.41) is 9.26. The summed E-state index contributed by atoms with van der Waals surface area (Å²) >= 11 is 0. The van der Waals surface area contributed by atoms with Crippen molar-refractivity contribution in [2.75, 3.05) is 17.9 Å². The van der Waals surface area contributed by atoms with E-state index in [0.29, 0.717) is 12.2 Å². The second-order valence-corrected chi connectivity index (χ2v) is 5.17. The fourth-order valence-electron chi connectivity index (χ4n) is 1.16. The van der Waals surface area contributed by atoms with Crippen molar-refractivity contribution in [3.05, 3.63) is 24.3 Å². The minimum Gasteiger partial charge on any atom is -0.508 e. The molecular weight excluding hydrogens is 228 g/mol. The number of phenols is 1.